The summed E-state index contributed by atoms with van der Waals surface area (Å²) in [7, 11) is 0. The molecule has 0 spiro atoms. The fourth-order valence-electron chi connectivity index (χ4n) is 3.08. The van der Waals surface area contributed by atoms with Gasteiger partial charge in [-0.3, -0.25) is 4.98 Å². The monoisotopic (exact) mass is 273 g/mol. The molecule has 0 radical (unpaired) electrons. The van der Waals surface area contributed by atoms with E-state index in [0.717, 1.165) is 34.3 Å². The first-order valence-corrected chi connectivity index (χ1v) is 7.79. The molecule has 3 rings (SSSR count). The number of benzene rings is 1. The number of nitrogens with zero attached hydrogens (tertiary/aromatic N) is 1. The molecule has 1 unspecified atom stereocenters. The Morgan fingerprint density at radius 3 is 2.84 bits per heavy atom. The minimum atomic E-state index is -0.741. The zero-order chi connectivity index (χ0) is 13.5. The number of hydrogen-bond acceptors (Lipinski definition) is 3. The van der Waals surface area contributed by atoms with Crippen molar-refractivity contribution in [2.45, 2.75) is 25.9 Å². The Kier molecular flexibility index (Phi) is 3.06. The first-order valence-electron chi connectivity index (χ1n) is 6.64. The van der Waals surface area contributed by atoms with Crippen LogP contribution in [-0.4, -0.2) is 21.6 Å². The molecule has 1 aliphatic heterocycles. The summed E-state index contributed by atoms with van der Waals surface area (Å²) in [6.07, 6.45) is 4.48. The Morgan fingerprint density at radius 2 is 2.05 bits per heavy atom. The highest BCUT2D eigenvalue weighted by molar-refractivity contribution is 7.99. The summed E-state index contributed by atoms with van der Waals surface area (Å²) in [4.78, 5) is 4.22. The van der Waals surface area contributed by atoms with Crippen molar-refractivity contribution in [2.75, 3.05) is 11.5 Å². The summed E-state index contributed by atoms with van der Waals surface area (Å²) in [5.74, 6) is 1.88. The molecule has 1 aromatic carbocycles. The zero-order valence-electron chi connectivity index (χ0n) is 11.4. The molecule has 3 heteroatoms. The summed E-state index contributed by atoms with van der Waals surface area (Å²) in [5, 5.41) is 13.3. The second-order valence-electron chi connectivity index (χ2n) is 6.27. The van der Waals surface area contributed by atoms with Crippen LogP contribution in [0, 0.1) is 5.41 Å². The van der Waals surface area contributed by atoms with Gasteiger partial charge in [-0.15, -0.1) is 0 Å². The molecule has 100 valence electrons. The van der Waals surface area contributed by atoms with E-state index in [4.69, 9.17) is 0 Å². The van der Waals surface area contributed by atoms with Crippen LogP contribution in [0.2, 0.25) is 0 Å². The van der Waals surface area contributed by atoms with Gasteiger partial charge in [-0.2, -0.15) is 11.8 Å². The summed E-state index contributed by atoms with van der Waals surface area (Å²) in [6.45, 7) is 4.46. The predicted octanol–water partition coefficient (Wildman–Crippen LogP) is 3.59. The molecule has 1 aromatic heterocycles. The van der Waals surface area contributed by atoms with Crippen molar-refractivity contribution in [3.8, 4) is 0 Å². The van der Waals surface area contributed by atoms with Crippen LogP contribution in [-0.2, 0) is 5.60 Å². The Hall–Kier alpha value is -1.06. The minimum Gasteiger partial charge on any atom is -0.384 e. The average molecular weight is 273 g/mol. The molecule has 19 heavy (non-hydrogen) atoms. The van der Waals surface area contributed by atoms with Crippen molar-refractivity contribution >= 4 is 22.5 Å². The number of aromatic nitrogens is 1. The van der Waals surface area contributed by atoms with E-state index in [1.165, 1.54) is 0 Å². The molecule has 0 amide bonds. The first kappa shape index (κ1) is 12.9. The van der Waals surface area contributed by atoms with Gasteiger partial charge in [-0.25, -0.2) is 0 Å². The van der Waals surface area contributed by atoms with Crippen LogP contribution in [0.4, 0.5) is 0 Å². The highest BCUT2D eigenvalue weighted by Crippen LogP contribution is 2.45. The van der Waals surface area contributed by atoms with Crippen molar-refractivity contribution in [1.29, 1.82) is 0 Å². The second-order valence-corrected chi connectivity index (χ2v) is 7.25. The van der Waals surface area contributed by atoms with Gasteiger partial charge >= 0.3 is 0 Å². The van der Waals surface area contributed by atoms with Crippen LogP contribution < -0.4 is 0 Å². The molecule has 1 atom stereocenters. The number of hydrogen-bond donors (Lipinski definition) is 1. The number of fused-ring (bicyclic) bond motifs is 1. The molecule has 1 saturated heterocycles. The maximum Gasteiger partial charge on any atom is 0.0998 e. The summed E-state index contributed by atoms with van der Waals surface area (Å²) in [6, 6.07) is 8.15. The number of aliphatic hydroxyl groups is 1. The average Bonchev–Trinajstić information content (AvgIpc) is 2.36. The van der Waals surface area contributed by atoms with E-state index in [0.29, 0.717) is 0 Å². The lowest BCUT2D eigenvalue weighted by molar-refractivity contribution is 0.0170. The SMILES string of the molecule is CC1(C)CSCC(O)(c2cccc3ccncc23)C1. The van der Waals surface area contributed by atoms with Gasteiger partial charge < -0.3 is 5.11 Å². The van der Waals surface area contributed by atoms with Crippen LogP contribution in [0.1, 0.15) is 25.8 Å². The van der Waals surface area contributed by atoms with Crippen LogP contribution in [0.5, 0.6) is 0 Å². The minimum absolute atomic E-state index is 0.169. The third kappa shape index (κ3) is 2.37. The molecule has 2 nitrogen and oxygen atoms in total. The smallest absolute Gasteiger partial charge is 0.0998 e. The molecule has 0 aliphatic carbocycles. The first-order chi connectivity index (χ1) is 9.00. The molecule has 1 aliphatic rings. The fourth-order valence-corrected chi connectivity index (χ4v) is 4.43. The predicted molar refractivity (Wildman–Crippen MR) is 81.4 cm³/mol. The van der Waals surface area contributed by atoms with Gasteiger partial charge in [-0.1, -0.05) is 32.0 Å². The molecule has 0 bridgehead atoms. The summed E-state index contributed by atoms with van der Waals surface area (Å²) >= 11 is 1.84. The van der Waals surface area contributed by atoms with Crippen molar-refractivity contribution in [3.63, 3.8) is 0 Å². The molecule has 1 N–H and O–H groups in total. The van der Waals surface area contributed by atoms with Crippen LogP contribution in [0.25, 0.3) is 10.8 Å². The quantitative estimate of drug-likeness (QED) is 0.862. The standard InChI is InChI=1S/C16H19NOS/c1-15(2)9-16(18,11-19-10-15)14-5-3-4-12-6-7-17-8-13(12)14/h3-8,18H,9-11H2,1-2H3. The maximum atomic E-state index is 11.1. The normalized spacial score (nSPS) is 26.5. The van der Waals surface area contributed by atoms with Crippen LogP contribution in [0.3, 0.4) is 0 Å². The fraction of sp³-hybridized carbons (Fsp3) is 0.438. The lowest BCUT2D eigenvalue weighted by atomic mass is 9.77. The van der Waals surface area contributed by atoms with Gasteiger partial charge in [0.05, 0.1) is 5.60 Å². The molecule has 1 fully saturated rings. The van der Waals surface area contributed by atoms with Gasteiger partial charge in [-0.05, 0) is 34.6 Å². The second kappa shape index (κ2) is 4.50. The van der Waals surface area contributed by atoms with Gasteiger partial charge in [0.1, 0.15) is 0 Å². The maximum absolute atomic E-state index is 11.1. The van der Waals surface area contributed by atoms with Crippen molar-refractivity contribution in [2.24, 2.45) is 5.41 Å². The van der Waals surface area contributed by atoms with Gasteiger partial charge in [0.2, 0.25) is 0 Å². The van der Waals surface area contributed by atoms with Crippen molar-refractivity contribution in [3.05, 3.63) is 42.2 Å². The van der Waals surface area contributed by atoms with Crippen LogP contribution >= 0.6 is 11.8 Å². The van der Waals surface area contributed by atoms with Crippen molar-refractivity contribution in [1.82, 2.24) is 4.98 Å². The molecule has 0 saturated carbocycles. The molecular formula is C16H19NOS. The number of rotatable bonds is 1. The Bertz CT molecular complexity index is 605. The van der Waals surface area contributed by atoms with Gasteiger partial charge in [0.15, 0.2) is 0 Å². The number of thioether (sulfide) groups is 1. The Morgan fingerprint density at radius 1 is 1.21 bits per heavy atom. The molecule has 2 aromatic rings. The van der Waals surface area contributed by atoms with E-state index in [1.54, 1.807) is 6.20 Å². The van der Waals surface area contributed by atoms with E-state index < -0.39 is 5.60 Å². The summed E-state index contributed by atoms with van der Waals surface area (Å²) < 4.78 is 0. The largest absolute Gasteiger partial charge is 0.384 e. The topological polar surface area (TPSA) is 33.1 Å². The van der Waals surface area contributed by atoms with Gasteiger partial charge in [0.25, 0.3) is 0 Å². The Labute approximate surface area is 118 Å². The third-order valence-corrected chi connectivity index (χ3v) is 5.46. The lowest BCUT2D eigenvalue weighted by Crippen LogP contribution is -2.40. The number of pyridine rings is 1. The lowest BCUT2D eigenvalue weighted by Gasteiger charge is -2.41. The van der Waals surface area contributed by atoms with Gasteiger partial charge in [0, 0.05) is 23.5 Å². The highest BCUT2D eigenvalue weighted by atomic mass is 32.2. The Balaban J connectivity index is 2.13. The van der Waals surface area contributed by atoms with E-state index in [2.05, 4.69) is 24.9 Å². The molecular weight excluding hydrogens is 254 g/mol. The van der Waals surface area contributed by atoms with Crippen LogP contribution in [0.15, 0.2) is 36.7 Å². The highest BCUT2D eigenvalue weighted by Gasteiger charge is 2.40. The van der Waals surface area contributed by atoms with E-state index in [9.17, 15) is 5.11 Å². The van der Waals surface area contributed by atoms with E-state index in [1.807, 2.05) is 36.2 Å². The molecule has 2 heterocycles. The third-order valence-electron chi connectivity index (χ3n) is 3.79. The van der Waals surface area contributed by atoms with E-state index >= 15 is 0 Å². The van der Waals surface area contributed by atoms with E-state index in [-0.39, 0.29) is 5.41 Å². The zero-order valence-corrected chi connectivity index (χ0v) is 12.2. The van der Waals surface area contributed by atoms with Crippen molar-refractivity contribution < 1.29 is 5.11 Å². The summed E-state index contributed by atoms with van der Waals surface area (Å²) in [5.41, 5.74) is 0.454.